The van der Waals surface area contributed by atoms with Gasteiger partial charge in [0.1, 0.15) is 0 Å². The van der Waals surface area contributed by atoms with E-state index in [4.69, 9.17) is 5.73 Å². The maximum absolute atomic E-state index is 11.5. The van der Waals surface area contributed by atoms with Crippen LogP contribution < -0.4 is 5.73 Å². The Bertz CT molecular complexity index is 402. The summed E-state index contributed by atoms with van der Waals surface area (Å²) < 4.78 is 0. The topological polar surface area (TPSA) is 69.8 Å². The Morgan fingerprint density at radius 3 is 2.42 bits per heavy atom. The van der Waals surface area contributed by atoms with Gasteiger partial charge in [-0.05, 0) is 5.56 Å². The van der Waals surface area contributed by atoms with Gasteiger partial charge in [-0.25, -0.2) is 0 Å². The minimum absolute atomic E-state index is 0.00302. The molecule has 1 atom stereocenters. The van der Waals surface area contributed by atoms with Crippen LogP contribution in [0.1, 0.15) is 11.7 Å². The fourth-order valence-corrected chi connectivity index (χ4v) is 2.33. The van der Waals surface area contributed by atoms with Crippen molar-refractivity contribution < 1.29 is 9.90 Å². The second-order valence-electron chi connectivity index (χ2n) is 4.81. The Morgan fingerprint density at radius 2 is 1.84 bits per heavy atom. The molecule has 3 N–H and O–H groups in total. The maximum atomic E-state index is 11.5. The molecule has 0 aliphatic carbocycles. The van der Waals surface area contributed by atoms with Gasteiger partial charge in [-0.15, -0.1) is 0 Å². The molecule has 5 heteroatoms. The number of carbonyl (C=O) groups is 1. The lowest BCUT2D eigenvalue weighted by Crippen LogP contribution is -2.51. The van der Waals surface area contributed by atoms with Crippen molar-refractivity contribution in [2.75, 3.05) is 39.3 Å². The molecule has 104 valence electrons. The highest BCUT2D eigenvalue weighted by molar-refractivity contribution is 5.78. The summed E-state index contributed by atoms with van der Waals surface area (Å²) in [5.74, 6) is 0.00302. The lowest BCUT2D eigenvalue weighted by molar-refractivity contribution is -0.131. The van der Waals surface area contributed by atoms with Gasteiger partial charge in [0.15, 0.2) is 0 Å². The van der Waals surface area contributed by atoms with Crippen LogP contribution in [0.25, 0.3) is 0 Å². The summed E-state index contributed by atoms with van der Waals surface area (Å²) in [5.41, 5.74) is 6.28. The van der Waals surface area contributed by atoms with Gasteiger partial charge in [0.2, 0.25) is 5.91 Å². The second-order valence-corrected chi connectivity index (χ2v) is 4.81. The third-order valence-electron chi connectivity index (χ3n) is 3.52. The fraction of sp³-hybridized carbons (Fsp3) is 0.500. The highest BCUT2D eigenvalue weighted by Crippen LogP contribution is 2.14. The van der Waals surface area contributed by atoms with Gasteiger partial charge in [0, 0.05) is 32.7 Å². The quantitative estimate of drug-likeness (QED) is 0.791. The molecule has 1 aromatic carbocycles. The van der Waals surface area contributed by atoms with Crippen LogP contribution in [0.2, 0.25) is 0 Å². The van der Waals surface area contributed by atoms with Gasteiger partial charge in [-0.3, -0.25) is 9.69 Å². The minimum atomic E-state index is -0.474. The predicted octanol–water partition coefficient (Wildman–Crippen LogP) is -0.177. The number of carbonyl (C=O) groups excluding carboxylic acids is 1. The van der Waals surface area contributed by atoms with Crippen LogP contribution in [0.15, 0.2) is 30.3 Å². The van der Waals surface area contributed by atoms with Crippen molar-refractivity contribution in [1.82, 2.24) is 9.80 Å². The Balaban J connectivity index is 1.81. The number of amides is 1. The van der Waals surface area contributed by atoms with Crippen molar-refractivity contribution in [2.45, 2.75) is 6.10 Å². The number of aliphatic hydroxyl groups excluding tert-OH is 1. The average molecular weight is 263 g/mol. The number of aliphatic hydroxyl groups is 1. The van der Waals surface area contributed by atoms with Crippen molar-refractivity contribution in [3.8, 4) is 0 Å². The first kappa shape index (κ1) is 14.0. The van der Waals surface area contributed by atoms with Crippen LogP contribution in [0.5, 0.6) is 0 Å². The molecule has 1 aliphatic heterocycles. The molecule has 1 aromatic rings. The number of benzene rings is 1. The summed E-state index contributed by atoms with van der Waals surface area (Å²) >= 11 is 0. The molecule has 19 heavy (non-hydrogen) atoms. The van der Waals surface area contributed by atoms with Crippen molar-refractivity contribution in [3.63, 3.8) is 0 Å². The summed E-state index contributed by atoms with van der Waals surface area (Å²) in [6, 6.07) is 9.65. The fourth-order valence-electron chi connectivity index (χ4n) is 2.33. The molecule has 1 heterocycles. The summed E-state index contributed by atoms with van der Waals surface area (Å²) in [6.45, 7) is 3.64. The number of piperazine rings is 1. The lowest BCUT2D eigenvalue weighted by atomic mass is 10.1. The standard InChI is InChI=1S/C14H21N3O2/c15-10-14(19)17-8-6-16(7-9-17)11-13(18)12-4-2-1-3-5-12/h1-5,13,18H,6-11,15H2. The first-order valence-corrected chi connectivity index (χ1v) is 6.64. The molecule has 5 nitrogen and oxygen atoms in total. The Kier molecular flexibility index (Phi) is 4.90. The smallest absolute Gasteiger partial charge is 0.236 e. The van der Waals surface area contributed by atoms with Gasteiger partial charge < -0.3 is 15.7 Å². The average Bonchev–Trinajstić information content (AvgIpc) is 2.48. The van der Waals surface area contributed by atoms with Crippen molar-refractivity contribution in [1.29, 1.82) is 0 Å². The van der Waals surface area contributed by atoms with Crippen molar-refractivity contribution in [2.24, 2.45) is 5.73 Å². The molecule has 2 rings (SSSR count). The zero-order valence-electron chi connectivity index (χ0n) is 11.0. The molecule has 0 bridgehead atoms. The van der Waals surface area contributed by atoms with Crippen LogP contribution >= 0.6 is 0 Å². The van der Waals surface area contributed by atoms with Crippen LogP contribution in [0.4, 0.5) is 0 Å². The first-order valence-electron chi connectivity index (χ1n) is 6.64. The molecule has 1 saturated heterocycles. The molecule has 1 aliphatic rings. The molecular weight excluding hydrogens is 242 g/mol. The number of nitrogens with two attached hydrogens (primary N) is 1. The van der Waals surface area contributed by atoms with Crippen molar-refractivity contribution in [3.05, 3.63) is 35.9 Å². The van der Waals surface area contributed by atoms with E-state index in [9.17, 15) is 9.90 Å². The normalized spacial score (nSPS) is 18.3. The molecular formula is C14H21N3O2. The highest BCUT2D eigenvalue weighted by Gasteiger charge is 2.21. The van der Waals surface area contributed by atoms with Crippen LogP contribution in [0.3, 0.4) is 0 Å². The van der Waals surface area contributed by atoms with E-state index in [1.165, 1.54) is 0 Å². The predicted molar refractivity (Wildman–Crippen MR) is 73.5 cm³/mol. The number of β-amino-alcohol motifs (C(OH)–C–C–N with tert-alkyl or cyclic N) is 1. The zero-order valence-corrected chi connectivity index (χ0v) is 11.0. The van der Waals surface area contributed by atoms with Crippen LogP contribution in [-0.2, 0) is 4.79 Å². The number of nitrogens with zero attached hydrogens (tertiary/aromatic N) is 2. The van der Waals surface area contributed by atoms with E-state index in [1.807, 2.05) is 30.3 Å². The zero-order chi connectivity index (χ0) is 13.7. The summed E-state index contributed by atoms with van der Waals surface area (Å²) in [6.07, 6.45) is -0.474. The van der Waals surface area contributed by atoms with Gasteiger partial charge in [-0.2, -0.15) is 0 Å². The molecule has 0 radical (unpaired) electrons. The van der Waals surface area contributed by atoms with E-state index in [1.54, 1.807) is 4.90 Å². The Morgan fingerprint density at radius 1 is 1.21 bits per heavy atom. The SMILES string of the molecule is NCC(=O)N1CCN(CC(O)c2ccccc2)CC1. The molecule has 0 saturated carbocycles. The first-order chi connectivity index (χ1) is 9.20. The van der Waals surface area contributed by atoms with E-state index in [-0.39, 0.29) is 12.5 Å². The monoisotopic (exact) mass is 263 g/mol. The maximum Gasteiger partial charge on any atom is 0.236 e. The van der Waals surface area contributed by atoms with E-state index in [0.717, 1.165) is 18.7 Å². The third-order valence-corrected chi connectivity index (χ3v) is 3.52. The van der Waals surface area contributed by atoms with E-state index >= 15 is 0 Å². The largest absolute Gasteiger partial charge is 0.387 e. The summed E-state index contributed by atoms with van der Waals surface area (Å²) in [4.78, 5) is 15.4. The van der Waals surface area contributed by atoms with Crippen molar-refractivity contribution >= 4 is 5.91 Å². The van der Waals surface area contributed by atoms with E-state index in [0.29, 0.717) is 19.6 Å². The Labute approximate surface area is 113 Å². The van der Waals surface area contributed by atoms with Gasteiger partial charge in [-0.1, -0.05) is 30.3 Å². The van der Waals surface area contributed by atoms with E-state index < -0.39 is 6.10 Å². The van der Waals surface area contributed by atoms with E-state index in [2.05, 4.69) is 4.90 Å². The number of hydrogen-bond acceptors (Lipinski definition) is 4. The summed E-state index contributed by atoms with van der Waals surface area (Å²) in [7, 11) is 0. The highest BCUT2D eigenvalue weighted by atomic mass is 16.3. The minimum Gasteiger partial charge on any atom is -0.387 e. The van der Waals surface area contributed by atoms with Crippen LogP contribution in [-0.4, -0.2) is 60.1 Å². The lowest BCUT2D eigenvalue weighted by Gasteiger charge is -2.35. The second kappa shape index (κ2) is 6.65. The number of rotatable bonds is 4. The number of hydrogen-bond donors (Lipinski definition) is 2. The molecule has 1 amide bonds. The molecule has 1 fully saturated rings. The molecule has 0 spiro atoms. The van der Waals surface area contributed by atoms with Gasteiger partial charge >= 0.3 is 0 Å². The molecule has 0 aromatic heterocycles. The third kappa shape index (κ3) is 3.76. The molecule has 1 unspecified atom stereocenters. The van der Waals surface area contributed by atoms with Crippen LogP contribution in [0, 0.1) is 0 Å². The Hall–Kier alpha value is -1.43. The van der Waals surface area contributed by atoms with Gasteiger partial charge in [0.25, 0.3) is 0 Å². The summed E-state index contributed by atoms with van der Waals surface area (Å²) in [5, 5.41) is 10.2. The van der Waals surface area contributed by atoms with Gasteiger partial charge in [0.05, 0.1) is 12.6 Å².